The number of hydrogen-bond acceptors (Lipinski definition) is 1. The van der Waals surface area contributed by atoms with Gasteiger partial charge in [-0.2, -0.15) is 17.6 Å². The molecule has 1 fully saturated rings. The van der Waals surface area contributed by atoms with Crippen molar-refractivity contribution in [3.8, 4) is 0 Å². The van der Waals surface area contributed by atoms with Crippen LogP contribution >= 0.6 is 0 Å². The Kier molecular flexibility index (Phi) is 2.78. The molecule has 1 unspecified atom stereocenters. The molecule has 0 aromatic rings. The summed E-state index contributed by atoms with van der Waals surface area (Å²) in [6.45, 7) is 0.887. The van der Waals surface area contributed by atoms with Crippen LogP contribution in [-0.4, -0.2) is 23.8 Å². The van der Waals surface area contributed by atoms with Crippen molar-refractivity contribution >= 4 is 0 Å². The third kappa shape index (κ3) is 1.59. The monoisotopic (exact) mass is 249 g/mol. The molecule has 0 aromatic carbocycles. The minimum Gasteiger partial charge on any atom is -0.327 e. The van der Waals surface area contributed by atoms with Gasteiger partial charge < -0.3 is 5.73 Å². The lowest BCUT2D eigenvalue weighted by Crippen LogP contribution is -2.56. The first-order valence-corrected chi connectivity index (χ1v) is 4.74. The van der Waals surface area contributed by atoms with Gasteiger partial charge in [-0.1, -0.05) is 0 Å². The number of alkyl halides is 6. The summed E-state index contributed by atoms with van der Waals surface area (Å²) in [5, 5.41) is 0. The van der Waals surface area contributed by atoms with Crippen molar-refractivity contribution in [1.29, 1.82) is 0 Å². The molecule has 0 aromatic heterocycles. The summed E-state index contributed by atoms with van der Waals surface area (Å²) in [5.41, 5.74) is 1.91. The Balaban J connectivity index is 3.33. The number of halogens is 6. The van der Waals surface area contributed by atoms with Crippen molar-refractivity contribution in [2.75, 3.05) is 0 Å². The zero-order valence-corrected chi connectivity index (χ0v) is 8.84. The highest BCUT2D eigenvalue weighted by molar-refractivity contribution is 5.08. The van der Waals surface area contributed by atoms with E-state index in [1.165, 1.54) is 0 Å². The Labute approximate surface area is 89.0 Å². The summed E-state index contributed by atoms with van der Waals surface area (Å²) >= 11 is 0. The fraction of sp³-hybridized carbons (Fsp3) is 1.00. The summed E-state index contributed by atoms with van der Waals surface area (Å²) in [4.78, 5) is 0. The second-order valence-corrected chi connectivity index (χ2v) is 4.78. The maximum atomic E-state index is 13.4. The zero-order chi connectivity index (χ0) is 13.0. The molecular formula is C9H13F6N. The molecule has 96 valence electrons. The van der Waals surface area contributed by atoms with Crippen molar-refractivity contribution in [2.24, 2.45) is 11.1 Å². The first kappa shape index (κ1) is 13.6. The minimum atomic E-state index is -4.79. The summed E-state index contributed by atoms with van der Waals surface area (Å²) in [7, 11) is 0. The van der Waals surface area contributed by atoms with Crippen LogP contribution in [0.1, 0.15) is 26.7 Å². The van der Waals surface area contributed by atoms with Crippen LogP contribution < -0.4 is 5.73 Å². The molecule has 7 heteroatoms. The van der Waals surface area contributed by atoms with E-state index < -0.39 is 42.1 Å². The highest BCUT2D eigenvalue weighted by Crippen LogP contribution is 2.59. The molecule has 0 bridgehead atoms. The van der Waals surface area contributed by atoms with Crippen molar-refractivity contribution in [2.45, 2.75) is 50.5 Å². The SMILES string of the molecule is CC1(C)C(F)(F)CC(N)CC(F)(F)C1(F)F. The average Bonchev–Trinajstić information content (AvgIpc) is 2.01. The van der Waals surface area contributed by atoms with E-state index >= 15 is 0 Å². The van der Waals surface area contributed by atoms with Gasteiger partial charge in [0.05, 0.1) is 5.41 Å². The molecule has 1 saturated carbocycles. The van der Waals surface area contributed by atoms with Gasteiger partial charge >= 0.3 is 11.8 Å². The van der Waals surface area contributed by atoms with Crippen molar-refractivity contribution in [3.05, 3.63) is 0 Å². The second-order valence-electron chi connectivity index (χ2n) is 4.78. The van der Waals surface area contributed by atoms with Crippen molar-refractivity contribution < 1.29 is 26.3 Å². The summed E-state index contributed by atoms with van der Waals surface area (Å²) in [5.74, 6) is -13.2. The Morgan fingerprint density at radius 1 is 0.875 bits per heavy atom. The van der Waals surface area contributed by atoms with Crippen LogP contribution in [0.2, 0.25) is 0 Å². The molecule has 1 aliphatic rings. The topological polar surface area (TPSA) is 26.0 Å². The van der Waals surface area contributed by atoms with Crippen LogP contribution in [0.15, 0.2) is 0 Å². The lowest BCUT2D eigenvalue weighted by atomic mass is 9.77. The molecule has 1 atom stereocenters. The third-order valence-corrected chi connectivity index (χ3v) is 3.20. The normalized spacial score (nSPS) is 35.4. The lowest BCUT2D eigenvalue weighted by Gasteiger charge is -2.40. The van der Waals surface area contributed by atoms with Gasteiger partial charge in [0.25, 0.3) is 5.92 Å². The van der Waals surface area contributed by atoms with Crippen LogP contribution in [0, 0.1) is 5.41 Å². The van der Waals surface area contributed by atoms with Crippen LogP contribution in [0.25, 0.3) is 0 Å². The molecule has 2 N–H and O–H groups in total. The maximum Gasteiger partial charge on any atom is 0.320 e. The standard InChI is InChI=1S/C9H13F6N/c1-6(2)7(10,11)3-5(16)4-8(12,13)9(6,14)15/h5H,3-4,16H2,1-2H3. The maximum absolute atomic E-state index is 13.4. The van der Waals surface area contributed by atoms with E-state index in [1.807, 2.05) is 0 Å². The molecule has 1 aliphatic carbocycles. The van der Waals surface area contributed by atoms with Crippen molar-refractivity contribution in [3.63, 3.8) is 0 Å². The Bertz CT molecular complexity index is 258. The molecular weight excluding hydrogens is 236 g/mol. The Morgan fingerprint density at radius 2 is 1.25 bits per heavy atom. The van der Waals surface area contributed by atoms with E-state index in [0.29, 0.717) is 13.8 Å². The van der Waals surface area contributed by atoms with Gasteiger partial charge in [0, 0.05) is 18.9 Å². The highest BCUT2D eigenvalue weighted by atomic mass is 19.3. The van der Waals surface area contributed by atoms with Gasteiger partial charge in [-0.3, -0.25) is 0 Å². The van der Waals surface area contributed by atoms with E-state index in [2.05, 4.69) is 0 Å². The average molecular weight is 249 g/mol. The van der Waals surface area contributed by atoms with E-state index in [0.717, 1.165) is 0 Å². The molecule has 0 aliphatic heterocycles. The van der Waals surface area contributed by atoms with Gasteiger partial charge in [-0.25, -0.2) is 8.78 Å². The van der Waals surface area contributed by atoms with E-state index in [4.69, 9.17) is 5.73 Å². The molecule has 0 saturated heterocycles. The fourth-order valence-electron chi connectivity index (χ4n) is 1.80. The largest absolute Gasteiger partial charge is 0.327 e. The van der Waals surface area contributed by atoms with Gasteiger partial charge in [0.2, 0.25) is 0 Å². The number of rotatable bonds is 0. The second kappa shape index (κ2) is 3.27. The Morgan fingerprint density at radius 3 is 1.69 bits per heavy atom. The fourth-order valence-corrected chi connectivity index (χ4v) is 1.80. The smallest absolute Gasteiger partial charge is 0.320 e. The molecule has 0 spiro atoms. The molecule has 0 heterocycles. The first-order chi connectivity index (χ1) is 6.85. The minimum absolute atomic E-state index is 0.443. The summed E-state index contributed by atoms with van der Waals surface area (Å²) in [6, 6.07) is -1.64. The van der Waals surface area contributed by atoms with Crippen LogP contribution in [0.3, 0.4) is 0 Å². The third-order valence-electron chi connectivity index (χ3n) is 3.20. The first-order valence-electron chi connectivity index (χ1n) is 4.74. The molecule has 0 radical (unpaired) electrons. The quantitative estimate of drug-likeness (QED) is 0.518. The highest BCUT2D eigenvalue weighted by Gasteiger charge is 2.74. The van der Waals surface area contributed by atoms with Gasteiger partial charge in [-0.15, -0.1) is 0 Å². The van der Waals surface area contributed by atoms with E-state index in [1.54, 1.807) is 0 Å². The predicted molar refractivity (Wildman–Crippen MR) is 45.8 cm³/mol. The lowest BCUT2D eigenvalue weighted by molar-refractivity contribution is -0.300. The summed E-state index contributed by atoms with van der Waals surface area (Å²) < 4.78 is 80.0. The zero-order valence-electron chi connectivity index (χ0n) is 8.84. The molecule has 1 rings (SSSR count). The van der Waals surface area contributed by atoms with Crippen LogP contribution in [0.5, 0.6) is 0 Å². The molecule has 16 heavy (non-hydrogen) atoms. The van der Waals surface area contributed by atoms with Gasteiger partial charge in [0.15, 0.2) is 0 Å². The van der Waals surface area contributed by atoms with E-state index in [-0.39, 0.29) is 0 Å². The van der Waals surface area contributed by atoms with Gasteiger partial charge in [-0.05, 0) is 13.8 Å². The molecule has 1 nitrogen and oxygen atoms in total. The summed E-state index contributed by atoms with van der Waals surface area (Å²) in [6.07, 6.45) is -2.59. The molecule has 0 amide bonds. The van der Waals surface area contributed by atoms with Crippen molar-refractivity contribution in [1.82, 2.24) is 0 Å². The number of nitrogens with two attached hydrogens (primary N) is 1. The Hall–Kier alpha value is -0.460. The number of hydrogen-bond donors (Lipinski definition) is 1. The predicted octanol–water partition coefficient (Wildman–Crippen LogP) is 3.04. The van der Waals surface area contributed by atoms with Crippen LogP contribution in [-0.2, 0) is 0 Å². The van der Waals surface area contributed by atoms with E-state index in [9.17, 15) is 26.3 Å². The van der Waals surface area contributed by atoms with Gasteiger partial charge in [0.1, 0.15) is 0 Å². The van der Waals surface area contributed by atoms with Crippen LogP contribution in [0.4, 0.5) is 26.3 Å².